The number of carbonyl (C=O) groups is 1. The van der Waals surface area contributed by atoms with Gasteiger partial charge >= 0.3 is 0 Å². The van der Waals surface area contributed by atoms with Gasteiger partial charge in [0.2, 0.25) is 11.8 Å². The van der Waals surface area contributed by atoms with Gasteiger partial charge in [-0.3, -0.25) is 10.1 Å². The molecule has 1 aliphatic rings. The molecule has 1 aliphatic heterocycles. The highest BCUT2D eigenvalue weighted by molar-refractivity contribution is 5.87. The fourth-order valence-electron chi connectivity index (χ4n) is 1.35. The minimum absolute atomic E-state index is 0.0553. The van der Waals surface area contributed by atoms with E-state index >= 15 is 0 Å². The Bertz CT molecular complexity index is 355. The van der Waals surface area contributed by atoms with Crippen molar-refractivity contribution in [3.05, 3.63) is 11.8 Å². The Hall–Kier alpha value is -1.36. The van der Waals surface area contributed by atoms with Crippen molar-refractivity contribution in [2.45, 2.75) is 19.3 Å². The van der Waals surface area contributed by atoms with Crippen LogP contribution in [0.15, 0.2) is 10.6 Å². The van der Waals surface area contributed by atoms with Crippen LogP contribution in [0.4, 0.5) is 5.88 Å². The minimum Gasteiger partial charge on any atom is -0.379 e. The summed E-state index contributed by atoms with van der Waals surface area (Å²) in [4.78, 5) is 10.7. The molecule has 1 saturated heterocycles. The topological polar surface area (TPSA) is 64.4 Å². The molecule has 0 atom stereocenters. The second-order valence-corrected chi connectivity index (χ2v) is 3.81. The molecule has 0 unspecified atom stereocenters. The molecule has 14 heavy (non-hydrogen) atoms. The Morgan fingerprint density at radius 2 is 2.36 bits per heavy atom. The molecule has 76 valence electrons. The first-order chi connectivity index (χ1) is 6.60. The van der Waals surface area contributed by atoms with Gasteiger partial charge in [-0.05, 0) is 6.92 Å². The van der Waals surface area contributed by atoms with Crippen molar-refractivity contribution < 1.29 is 14.1 Å². The zero-order valence-corrected chi connectivity index (χ0v) is 8.16. The van der Waals surface area contributed by atoms with E-state index in [0.29, 0.717) is 19.1 Å². The van der Waals surface area contributed by atoms with E-state index in [9.17, 15) is 4.79 Å². The average Bonchev–Trinajstić information content (AvgIpc) is 2.47. The van der Waals surface area contributed by atoms with Crippen LogP contribution in [0.25, 0.3) is 0 Å². The van der Waals surface area contributed by atoms with Crippen molar-refractivity contribution in [2.24, 2.45) is 0 Å². The zero-order valence-electron chi connectivity index (χ0n) is 8.16. The Kier molecular flexibility index (Phi) is 2.03. The molecule has 1 N–H and O–H groups in total. The van der Waals surface area contributed by atoms with E-state index in [2.05, 4.69) is 10.5 Å². The highest BCUT2D eigenvalue weighted by Gasteiger charge is 2.38. The van der Waals surface area contributed by atoms with Gasteiger partial charge in [0, 0.05) is 13.0 Å². The van der Waals surface area contributed by atoms with Gasteiger partial charge in [-0.2, -0.15) is 0 Å². The highest BCUT2D eigenvalue weighted by Crippen LogP contribution is 2.31. The largest absolute Gasteiger partial charge is 0.379 e. The van der Waals surface area contributed by atoms with Crippen molar-refractivity contribution in [3.8, 4) is 0 Å². The van der Waals surface area contributed by atoms with Gasteiger partial charge in [0.05, 0.1) is 24.3 Å². The number of ether oxygens (including phenoxy) is 1. The summed E-state index contributed by atoms with van der Waals surface area (Å²) in [6.45, 7) is 4.78. The van der Waals surface area contributed by atoms with Crippen molar-refractivity contribution in [3.63, 3.8) is 0 Å². The fraction of sp³-hybridized carbons (Fsp3) is 0.556. The standard InChI is InChI=1S/C9H12N2O3/c1-6(12)10-8-3-7(11-14-8)9(2)4-13-5-9/h3H,4-5H2,1-2H3,(H,10,12). The third-order valence-electron chi connectivity index (χ3n) is 2.27. The van der Waals surface area contributed by atoms with Crippen molar-refractivity contribution in [2.75, 3.05) is 18.5 Å². The van der Waals surface area contributed by atoms with E-state index in [1.54, 1.807) is 6.07 Å². The van der Waals surface area contributed by atoms with E-state index in [1.165, 1.54) is 6.92 Å². The van der Waals surface area contributed by atoms with Crippen LogP contribution in [0.5, 0.6) is 0 Å². The molecule has 2 rings (SSSR count). The maximum Gasteiger partial charge on any atom is 0.231 e. The minimum atomic E-state index is -0.164. The highest BCUT2D eigenvalue weighted by atomic mass is 16.5. The second-order valence-electron chi connectivity index (χ2n) is 3.81. The van der Waals surface area contributed by atoms with Gasteiger partial charge in [-0.15, -0.1) is 0 Å². The van der Waals surface area contributed by atoms with E-state index in [-0.39, 0.29) is 11.3 Å². The van der Waals surface area contributed by atoms with Crippen LogP contribution in [-0.4, -0.2) is 24.3 Å². The SMILES string of the molecule is CC(=O)Nc1cc(C2(C)COC2)no1. The van der Waals surface area contributed by atoms with Crippen molar-refractivity contribution in [1.29, 1.82) is 0 Å². The van der Waals surface area contributed by atoms with Crippen molar-refractivity contribution >= 4 is 11.8 Å². The number of aromatic nitrogens is 1. The van der Waals surface area contributed by atoms with Gasteiger partial charge in [0.1, 0.15) is 0 Å². The molecular weight excluding hydrogens is 184 g/mol. The van der Waals surface area contributed by atoms with Crippen LogP contribution < -0.4 is 5.32 Å². The lowest BCUT2D eigenvalue weighted by atomic mass is 9.85. The smallest absolute Gasteiger partial charge is 0.231 e. The Morgan fingerprint density at radius 1 is 1.64 bits per heavy atom. The number of hydrogen-bond donors (Lipinski definition) is 1. The average molecular weight is 196 g/mol. The molecule has 5 heteroatoms. The van der Waals surface area contributed by atoms with E-state index in [4.69, 9.17) is 9.26 Å². The first-order valence-corrected chi connectivity index (χ1v) is 4.43. The predicted molar refractivity (Wildman–Crippen MR) is 49.0 cm³/mol. The maximum atomic E-state index is 10.7. The molecule has 0 aliphatic carbocycles. The van der Waals surface area contributed by atoms with Crippen LogP contribution in [0.2, 0.25) is 0 Å². The van der Waals surface area contributed by atoms with E-state index in [1.807, 2.05) is 6.92 Å². The molecule has 5 nitrogen and oxygen atoms in total. The molecule has 0 spiro atoms. The summed E-state index contributed by atoms with van der Waals surface area (Å²) < 4.78 is 10.1. The third kappa shape index (κ3) is 1.50. The van der Waals surface area contributed by atoms with Crippen LogP contribution in [0.3, 0.4) is 0 Å². The number of anilines is 1. The third-order valence-corrected chi connectivity index (χ3v) is 2.27. The number of hydrogen-bond acceptors (Lipinski definition) is 4. The summed E-state index contributed by atoms with van der Waals surface area (Å²) in [5, 5.41) is 6.43. The first-order valence-electron chi connectivity index (χ1n) is 4.43. The summed E-state index contributed by atoms with van der Waals surface area (Å²) in [7, 11) is 0. The molecule has 0 bridgehead atoms. The Labute approximate surface area is 81.4 Å². The molecular formula is C9H12N2O3. The van der Waals surface area contributed by atoms with Crippen LogP contribution in [0.1, 0.15) is 19.5 Å². The normalized spacial score (nSPS) is 18.7. The van der Waals surface area contributed by atoms with Gasteiger partial charge in [-0.25, -0.2) is 0 Å². The molecule has 2 heterocycles. The van der Waals surface area contributed by atoms with E-state index in [0.717, 1.165) is 5.69 Å². The number of nitrogens with zero attached hydrogens (tertiary/aromatic N) is 1. The summed E-state index contributed by atoms with van der Waals surface area (Å²) in [5.41, 5.74) is 0.771. The summed E-state index contributed by atoms with van der Waals surface area (Å²) in [6, 6.07) is 1.74. The molecule has 1 aromatic heterocycles. The number of carbonyl (C=O) groups excluding carboxylic acids is 1. The van der Waals surface area contributed by atoms with Gasteiger partial charge in [-0.1, -0.05) is 5.16 Å². The molecule has 1 aromatic rings. The van der Waals surface area contributed by atoms with E-state index < -0.39 is 0 Å². The predicted octanol–water partition coefficient (Wildman–Crippen LogP) is 0.921. The van der Waals surface area contributed by atoms with Gasteiger partial charge < -0.3 is 9.26 Å². The number of rotatable bonds is 2. The van der Waals surface area contributed by atoms with Crippen LogP contribution in [-0.2, 0) is 14.9 Å². The number of nitrogens with one attached hydrogen (secondary N) is 1. The quantitative estimate of drug-likeness (QED) is 0.763. The maximum absolute atomic E-state index is 10.7. The van der Waals surface area contributed by atoms with Crippen molar-refractivity contribution in [1.82, 2.24) is 5.16 Å². The summed E-state index contributed by atoms with van der Waals surface area (Å²) in [6.07, 6.45) is 0. The molecule has 1 amide bonds. The van der Waals surface area contributed by atoms with Crippen LogP contribution in [0, 0.1) is 0 Å². The second kappa shape index (κ2) is 3.09. The van der Waals surface area contributed by atoms with Gasteiger partial charge in [0.25, 0.3) is 0 Å². The first kappa shape index (κ1) is 9.21. The monoisotopic (exact) mass is 196 g/mol. The molecule has 0 aromatic carbocycles. The summed E-state index contributed by atoms with van der Waals surface area (Å²) in [5.74, 6) is 0.225. The molecule has 1 fully saturated rings. The molecule has 0 saturated carbocycles. The fourth-order valence-corrected chi connectivity index (χ4v) is 1.35. The number of amides is 1. The molecule has 0 radical (unpaired) electrons. The lowest BCUT2D eigenvalue weighted by Gasteiger charge is -2.35. The summed E-state index contributed by atoms with van der Waals surface area (Å²) >= 11 is 0. The van der Waals surface area contributed by atoms with Gasteiger partial charge in [0.15, 0.2) is 0 Å². The lowest BCUT2D eigenvalue weighted by molar-refractivity contribution is -0.114. The van der Waals surface area contributed by atoms with Crippen LogP contribution >= 0.6 is 0 Å². The Balaban J connectivity index is 2.13. The lowest BCUT2D eigenvalue weighted by Crippen LogP contribution is -2.44. The zero-order chi connectivity index (χ0) is 10.2. The Morgan fingerprint density at radius 3 is 2.86 bits per heavy atom.